The summed E-state index contributed by atoms with van der Waals surface area (Å²) < 4.78 is 24.8. The number of rotatable bonds is 3. The number of halogens is 1. The molecule has 22 heavy (non-hydrogen) atoms. The van der Waals surface area contributed by atoms with Crippen LogP contribution in [0.2, 0.25) is 0 Å². The number of fused-ring (bicyclic) bond motifs is 1. The van der Waals surface area contributed by atoms with Gasteiger partial charge in [-0.1, -0.05) is 18.2 Å². The molecule has 112 valence electrons. The van der Waals surface area contributed by atoms with Crippen LogP contribution in [-0.2, 0) is 9.47 Å². The first-order chi connectivity index (χ1) is 10.5. The van der Waals surface area contributed by atoms with E-state index < -0.39 is 28.5 Å². The molecule has 0 radical (unpaired) electrons. The summed E-state index contributed by atoms with van der Waals surface area (Å²) in [5, 5.41) is 19.5. The van der Waals surface area contributed by atoms with Gasteiger partial charge in [-0.15, -0.1) is 0 Å². The Morgan fingerprint density at radius 3 is 2.36 bits per heavy atom. The Morgan fingerprint density at radius 2 is 1.86 bits per heavy atom. The highest BCUT2D eigenvalue weighted by Gasteiger charge is 2.93. The fourth-order valence-electron chi connectivity index (χ4n) is 3.70. The van der Waals surface area contributed by atoms with Crippen molar-refractivity contribution in [1.29, 1.82) is 10.5 Å². The minimum atomic E-state index is -1.73. The quantitative estimate of drug-likeness (QED) is 0.846. The van der Waals surface area contributed by atoms with E-state index in [0.29, 0.717) is 0 Å². The number of nitrogens with zero attached hydrogens (tertiary/aromatic N) is 3. The Kier molecular flexibility index (Phi) is 2.80. The summed E-state index contributed by atoms with van der Waals surface area (Å²) in [6.07, 6.45) is 0. The number of nitrogens with two attached hydrogens (primary N) is 1. The van der Waals surface area contributed by atoms with Gasteiger partial charge in [0.25, 0.3) is 5.91 Å². The van der Waals surface area contributed by atoms with Crippen molar-refractivity contribution in [3.8, 4) is 12.1 Å². The Balaban J connectivity index is 2.29. The van der Waals surface area contributed by atoms with Gasteiger partial charge < -0.3 is 15.2 Å². The molecule has 1 aliphatic carbocycles. The Morgan fingerprint density at radius 1 is 1.23 bits per heavy atom. The third-order valence-electron chi connectivity index (χ3n) is 4.70. The highest BCUT2D eigenvalue weighted by molar-refractivity contribution is 6.00. The van der Waals surface area contributed by atoms with Crippen LogP contribution in [0, 0.1) is 39.3 Å². The van der Waals surface area contributed by atoms with Gasteiger partial charge in [0.15, 0.2) is 5.41 Å². The van der Waals surface area contributed by atoms with Crippen molar-refractivity contribution >= 4 is 5.84 Å². The first-order valence-electron chi connectivity index (χ1n) is 6.54. The molecule has 0 spiro atoms. The molecule has 0 aromatic heterocycles. The van der Waals surface area contributed by atoms with Crippen LogP contribution in [0.15, 0.2) is 29.3 Å². The van der Waals surface area contributed by atoms with Gasteiger partial charge in [-0.3, -0.25) is 0 Å². The topological polar surface area (TPSA) is 104 Å². The Hall–Kier alpha value is -2.48. The molecule has 2 N–H and O–H groups in total. The molecule has 0 saturated heterocycles. The second-order valence-corrected chi connectivity index (χ2v) is 5.28. The Labute approximate surface area is 126 Å². The maximum atomic E-state index is 14.2. The van der Waals surface area contributed by atoms with Gasteiger partial charge >= 0.3 is 0 Å². The molecule has 1 aliphatic heterocycles. The van der Waals surface area contributed by atoms with E-state index in [-0.39, 0.29) is 11.4 Å². The van der Waals surface area contributed by atoms with E-state index in [0.717, 1.165) is 0 Å². The summed E-state index contributed by atoms with van der Waals surface area (Å²) in [6, 6.07) is 10.1. The summed E-state index contributed by atoms with van der Waals surface area (Å²) in [7, 11) is 2.62. The van der Waals surface area contributed by atoms with Gasteiger partial charge in [-0.05, 0) is 11.6 Å². The van der Waals surface area contributed by atoms with E-state index in [9.17, 15) is 14.9 Å². The summed E-state index contributed by atoms with van der Waals surface area (Å²) in [4.78, 5) is 4.06. The van der Waals surface area contributed by atoms with Crippen molar-refractivity contribution in [2.45, 2.75) is 11.8 Å². The lowest BCUT2D eigenvalue weighted by molar-refractivity contribution is -0.230. The maximum Gasteiger partial charge on any atom is 0.292 e. The van der Waals surface area contributed by atoms with Gasteiger partial charge in [0.2, 0.25) is 0 Å². The minimum Gasteiger partial charge on any atom is -0.386 e. The SMILES string of the molecule is COC1(OC)N=C(N)[C@]2(C#N)[C@@H](c3ccccc3F)[C@]12C#N. The van der Waals surface area contributed by atoms with Crippen LogP contribution in [-0.4, -0.2) is 26.0 Å². The second kappa shape index (κ2) is 4.26. The predicted molar refractivity (Wildman–Crippen MR) is 73.6 cm³/mol. The van der Waals surface area contributed by atoms with Crippen LogP contribution >= 0.6 is 0 Å². The molecule has 3 atom stereocenters. The first kappa shape index (κ1) is 14.5. The van der Waals surface area contributed by atoms with Crippen LogP contribution in [0.4, 0.5) is 4.39 Å². The summed E-state index contributed by atoms with van der Waals surface area (Å²) in [5.41, 5.74) is 3.16. The number of nitriles is 2. The molecule has 1 saturated carbocycles. The Bertz CT molecular complexity index is 762. The van der Waals surface area contributed by atoms with Crippen molar-refractivity contribution in [3.63, 3.8) is 0 Å². The van der Waals surface area contributed by atoms with E-state index in [1.54, 1.807) is 6.07 Å². The zero-order valence-corrected chi connectivity index (χ0v) is 12.0. The van der Waals surface area contributed by atoms with Gasteiger partial charge in [-0.2, -0.15) is 10.5 Å². The molecular weight excluding hydrogens is 287 g/mol. The van der Waals surface area contributed by atoms with Crippen LogP contribution < -0.4 is 5.73 Å². The summed E-state index contributed by atoms with van der Waals surface area (Å²) in [6.45, 7) is 0. The monoisotopic (exact) mass is 300 g/mol. The fraction of sp³-hybridized carbons (Fsp3) is 0.400. The third-order valence-corrected chi connectivity index (χ3v) is 4.70. The molecule has 7 heteroatoms. The zero-order valence-electron chi connectivity index (χ0n) is 12.0. The highest BCUT2D eigenvalue weighted by atomic mass is 19.1. The normalized spacial score (nSPS) is 34.2. The van der Waals surface area contributed by atoms with Crippen LogP contribution in [0.25, 0.3) is 0 Å². The first-order valence-corrected chi connectivity index (χ1v) is 6.54. The molecule has 1 fully saturated rings. The van der Waals surface area contributed by atoms with E-state index >= 15 is 0 Å². The summed E-state index contributed by atoms with van der Waals surface area (Å²) in [5.74, 6) is -3.13. The minimum absolute atomic E-state index is 0.0755. The maximum absolute atomic E-state index is 14.2. The molecule has 6 nitrogen and oxygen atoms in total. The predicted octanol–water partition coefficient (Wildman–Crippen LogP) is 1.26. The standard InChI is InChI=1S/C15H13FN4O2/c1-21-15(22-2)14(8-18)11(9-5-3-4-6-10(9)16)13(14,7-17)12(19)20-15/h3-6,11H,1-2H3,(H2,19,20)/t11-,13+,14+/m1/s1. The molecule has 0 amide bonds. The fourth-order valence-corrected chi connectivity index (χ4v) is 3.70. The summed E-state index contributed by atoms with van der Waals surface area (Å²) >= 11 is 0. The van der Waals surface area contributed by atoms with Crippen molar-refractivity contribution in [3.05, 3.63) is 35.6 Å². The van der Waals surface area contributed by atoms with Crippen molar-refractivity contribution < 1.29 is 13.9 Å². The van der Waals surface area contributed by atoms with E-state index in [1.807, 2.05) is 0 Å². The highest BCUT2D eigenvalue weighted by Crippen LogP contribution is 2.81. The van der Waals surface area contributed by atoms with Crippen molar-refractivity contribution in [2.24, 2.45) is 21.6 Å². The number of aliphatic imine (C=N–C) groups is 1. The molecule has 2 aliphatic rings. The van der Waals surface area contributed by atoms with E-state index in [4.69, 9.17) is 15.2 Å². The van der Waals surface area contributed by atoms with Crippen LogP contribution in [0.3, 0.4) is 0 Å². The molecule has 1 aromatic rings. The average molecular weight is 300 g/mol. The average Bonchev–Trinajstić information content (AvgIpc) is 3.10. The number of hydrogen-bond donors (Lipinski definition) is 1. The molecule has 1 aromatic carbocycles. The van der Waals surface area contributed by atoms with Crippen LogP contribution in [0.5, 0.6) is 0 Å². The number of ether oxygens (including phenoxy) is 2. The lowest BCUT2D eigenvalue weighted by Gasteiger charge is -2.29. The largest absolute Gasteiger partial charge is 0.386 e. The van der Waals surface area contributed by atoms with Gasteiger partial charge in [0, 0.05) is 20.1 Å². The molecule has 0 unspecified atom stereocenters. The number of benzene rings is 1. The van der Waals surface area contributed by atoms with E-state index in [2.05, 4.69) is 17.1 Å². The van der Waals surface area contributed by atoms with E-state index in [1.165, 1.54) is 32.4 Å². The third kappa shape index (κ3) is 1.19. The van der Waals surface area contributed by atoms with Gasteiger partial charge in [-0.25, -0.2) is 9.38 Å². The molecule has 0 bridgehead atoms. The van der Waals surface area contributed by atoms with Gasteiger partial charge in [0.1, 0.15) is 17.1 Å². The van der Waals surface area contributed by atoms with Crippen molar-refractivity contribution in [2.75, 3.05) is 14.2 Å². The lowest BCUT2D eigenvalue weighted by atomic mass is 9.93. The molecule has 1 heterocycles. The van der Waals surface area contributed by atoms with Gasteiger partial charge in [0.05, 0.1) is 12.1 Å². The second-order valence-electron chi connectivity index (χ2n) is 5.28. The number of hydrogen-bond acceptors (Lipinski definition) is 6. The lowest BCUT2D eigenvalue weighted by Crippen LogP contribution is -2.41. The van der Waals surface area contributed by atoms with Crippen molar-refractivity contribution in [1.82, 2.24) is 0 Å². The molecular formula is C15H13FN4O2. The molecule has 3 rings (SSSR count). The number of amidine groups is 1. The van der Waals surface area contributed by atoms with Crippen LogP contribution in [0.1, 0.15) is 11.5 Å². The zero-order chi connectivity index (χ0) is 16.2. The number of methoxy groups -OCH3 is 2. The smallest absolute Gasteiger partial charge is 0.292 e.